The van der Waals surface area contributed by atoms with Crippen LogP contribution in [0.1, 0.15) is 0 Å². The van der Waals surface area contributed by atoms with Gasteiger partial charge in [0.2, 0.25) is 0 Å². The summed E-state index contributed by atoms with van der Waals surface area (Å²) in [6.45, 7) is 0. The Bertz CT molecular complexity index is 771. The first-order valence-electron chi connectivity index (χ1n) is 5.08. The molecule has 2 rings (SSSR count). The fourth-order valence-corrected chi connectivity index (χ4v) is 3.60. The van der Waals surface area contributed by atoms with Gasteiger partial charge in [0.15, 0.2) is 0 Å². The number of aromatic nitrogens is 1. The zero-order chi connectivity index (χ0) is 14.9. The molecule has 1 N–H and O–H groups in total. The van der Waals surface area contributed by atoms with Gasteiger partial charge in [-0.2, -0.15) is 0 Å². The third kappa shape index (κ3) is 3.49. The molecule has 0 atom stereocenters. The smallest absolute Gasteiger partial charge is 0.265 e. The Morgan fingerprint density at radius 3 is 2.60 bits per heavy atom. The van der Waals surface area contributed by atoms with E-state index in [1.54, 1.807) is 0 Å². The summed E-state index contributed by atoms with van der Waals surface area (Å²) in [4.78, 5) is 3.54. The Hall–Kier alpha value is -0.700. The molecule has 0 bridgehead atoms. The molecular formula is C11H6Br2ClFN2O2S. The summed E-state index contributed by atoms with van der Waals surface area (Å²) in [5, 5.41) is -0.168. The summed E-state index contributed by atoms with van der Waals surface area (Å²) in [6.07, 6.45) is 1.38. The number of pyridine rings is 1. The molecule has 0 amide bonds. The van der Waals surface area contributed by atoms with E-state index in [0.717, 1.165) is 6.07 Å². The van der Waals surface area contributed by atoms with Crippen LogP contribution in [0.15, 0.2) is 44.3 Å². The van der Waals surface area contributed by atoms with E-state index in [1.165, 1.54) is 24.4 Å². The van der Waals surface area contributed by atoms with E-state index in [4.69, 9.17) is 11.6 Å². The molecule has 0 saturated heterocycles. The van der Waals surface area contributed by atoms with Crippen molar-refractivity contribution in [2.24, 2.45) is 0 Å². The van der Waals surface area contributed by atoms with Crippen LogP contribution in [0.2, 0.25) is 5.15 Å². The number of nitrogens with zero attached hydrogens (tertiary/aromatic N) is 1. The molecule has 0 spiro atoms. The molecule has 0 aliphatic carbocycles. The predicted octanol–water partition coefficient (Wildman–Crippen LogP) is 4.20. The lowest BCUT2D eigenvalue weighted by molar-refractivity contribution is 0.600. The summed E-state index contributed by atoms with van der Waals surface area (Å²) in [6, 6.07) is 5.19. The van der Waals surface area contributed by atoms with Crippen molar-refractivity contribution in [3.05, 3.63) is 50.4 Å². The Balaban J connectivity index is 2.40. The number of nitrogens with one attached hydrogen (secondary N) is 1. The van der Waals surface area contributed by atoms with E-state index >= 15 is 0 Å². The van der Waals surface area contributed by atoms with Gasteiger partial charge in [0.05, 0.1) is 10.2 Å². The number of hydrogen-bond acceptors (Lipinski definition) is 3. The van der Waals surface area contributed by atoms with E-state index in [9.17, 15) is 12.8 Å². The molecule has 0 aliphatic rings. The van der Waals surface area contributed by atoms with Crippen LogP contribution in [0.4, 0.5) is 10.1 Å². The van der Waals surface area contributed by atoms with Gasteiger partial charge >= 0.3 is 0 Å². The standard InChI is InChI=1S/C11H6Br2ClFN2O2S/c12-6-3-10(11(14)16-5-6)20(18,19)17-7-1-2-8(13)9(15)4-7/h1-5,17H. The van der Waals surface area contributed by atoms with Crippen molar-refractivity contribution < 1.29 is 12.8 Å². The van der Waals surface area contributed by atoms with Crippen molar-refractivity contribution in [1.82, 2.24) is 4.98 Å². The molecule has 20 heavy (non-hydrogen) atoms. The number of anilines is 1. The molecule has 0 unspecified atom stereocenters. The Morgan fingerprint density at radius 2 is 1.95 bits per heavy atom. The van der Waals surface area contributed by atoms with Crippen molar-refractivity contribution in [2.75, 3.05) is 4.72 Å². The van der Waals surface area contributed by atoms with E-state index in [2.05, 4.69) is 41.6 Å². The number of hydrogen-bond donors (Lipinski definition) is 1. The summed E-state index contributed by atoms with van der Waals surface area (Å²) >= 11 is 11.9. The highest BCUT2D eigenvalue weighted by molar-refractivity contribution is 9.10. The molecule has 106 valence electrons. The quantitative estimate of drug-likeness (QED) is 0.722. The van der Waals surface area contributed by atoms with Gasteiger partial charge in [-0.15, -0.1) is 0 Å². The molecule has 0 saturated carbocycles. The van der Waals surface area contributed by atoms with Gasteiger partial charge < -0.3 is 0 Å². The van der Waals surface area contributed by atoms with E-state index in [0.29, 0.717) is 4.47 Å². The molecule has 0 radical (unpaired) electrons. The molecule has 0 aliphatic heterocycles. The van der Waals surface area contributed by atoms with Crippen molar-refractivity contribution in [2.45, 2.75) is 4.90 Å². The largest absolute Gasteiger partial charge is 0.279 e. The zero-order valence-electron chi connectivity index (χ0n) is 9.57. The second-order valence-electron chi connectivity index (χ2n) is 3.68. The summed E-state index contributed by atoms with van der Waals surface area (Å²) in [7, 11) is -3.95. The minimum atomic E-state index is -3.95. The van der Waals surface area contributed by atoms with Crippen LogP contribution < -0.4 is 4.72 Å². The topological polar surface area (TPSA) is 59.1 Å². The van der Waals surface area contributed by atoms with E-state index < -0.39 is 15.8 Å². The summed E-state index contributed by atoms with van der Waals surface area (Å²) in [5.41, 5.74) is 0.0849. The van der Waals surface area contributed by atoms with Crippen LogP contribution in [0.25, 0.3) is 0 Å². The maximum Gasteiger partial charge on any atom is 0.265 e. The molecular weight excluding hydrogens is 438 g/mol. The molecule has 1 aromatic carbocycles. The minimum absolute atomic E-state index is 0.0849. The van der Waals surface area contributed by atoms with Gasteiger partial charge in [-0.25, -0.2) is 17.8 Å². The molecule has 0 fully saturated rings. The third-order valence-electron chi connectivity index (χ3n) is 2.23. The molecule has 4 nitrogen and oxygen atoms in total. The molecule has 9 heteroatoms. The number of rotatable bonds is 3. The molecule has 2 aromatic rings. The van der Waals surface area contributed by atoms with Gasteiger partial charge in [0.25, 0.3) is 10.0 Å². The van der Waals surface area contributed by atoms with Gasteiger partial charge in [0.1, 0.15) is 15.9 Å². The van der Waals surface area contributed by atoms with Crippen molar-refractivity contribution >= 4 is 59.2 Å². The first kappa shape index (κ1) is 15.7. The lowest BCUT2D eigenvalue weighted by atomic mass is 10.3. The van der Waals surface area contributed by atoms with Gasteiger partial charge in [-0.3, -0.25) is 4.72 Å². The van der Waals surface area contributed by atoms with E-state index in [1.807, 2.05) is 0 Å². The summed E-state index contributed by atoms with van der Waals surface area (Å²) in [5.74, 6) is -0.580. The zero-order valence-corrected chi connectivity index (χ0v) is 14.3. The van der Waals surface area contributed by atoms with E-state index in [-0.39, 0.29) is 20.2 Å². The van der Waals surface area contributed by atoms with Crippen molar-refractivity contribution in [3.8, 4) is 0 Å². The first-order valence-corrected chi connectivity index (χ1v) is 8.53. The Labute approximate surface area is 136 Å². The van der Waals surface area contributed by atoms with Crippen LogP contribution in [0.5, 0.6) is 0 Å². The Kier molecular flexibility index (Phi) is 4.68. The fourth-order valence-electron chi connectivity index (χ4n) is 1.36. The second kappa shape index (κ2) is 5.97. The maximum absolute atomic E-state index is 13.4. The number of halogens is 4. The average molecular weight is 445 g/mol. The van der Waals surface area contributed by atoms with Crippen molar-refractivity contribution in [1.29, 1.82) is 0 Å². The SMILES string of the molecule is O=S(=O)(Nc1ccc(Br)c(F)c1)c1cc(Br)cnc1Cl. The van der Waals surface area contributed by atoms with Gasteiger partial charge in [-0.1, -0.05) is 11.6 Å². The monoisotopic (exact) mass is 442 g/mol. The molecule has 1 aromatic heterocycles. The normalized spacial score (nSPS) is 11.4. The van der Waals surface area contributed by atoms with Crippen LogP contribution in [0, 0.1) is 5.82 Å². The fraction of sp³-hybridized carbons (Fsp3) is 0. The van der Waals surface area contributed by atoms with Gasteiger partial charge in [0, 0.05) is 10.7 Å². The Morgan fingerprint density at radius 1 is 1.25 bits per heavy atom. The highest BCUT2D eigenvalue weighted by Gasteiger charge is 2.20. The first-order chi connectivity index (χ1) is 9.29. The van der Waals surface area contributed by atoms with Crippen LogP contribution >= 0.6 is 43.5 Å². The minimum Gasteiger partial charge on any atom is -0.279 e. The summed E-state index contributed by atoms with van der Waals surface area (Å²) < 4.78 is 40.7. The lowest BCUT2D eigenvalue weighted by Crippen LogP contribution is -2.14. The maximum atomic E-state index is 13.4. The third-order valence-corrected chi connectivity index (χ3v) is 5.12. The van der Waals surface area contributed by atoms with Crippen molar-refractivity contribution in [3.63, 3.8) is 0 Å². The lowest BCUT2D eigenvalue weighted by Gasteiger charge is -2.09. The number of benzene rings is 1. The number of sulfonamides is 1. The highest BCUT2D eigenvalue weighted by Crippen LogP contribution is 2.26. The van der Waals surface area contributed by atoms with Gasteiger partial charge in [-0.05, 0) is 56.1 Å². The van der Waals surface area contributed by atoms with Crippen LogP contribution in [-0.4, -0.2) is 13.4 Å². The highest BCUT2D eigenvalue weighted by atomic mass is 79.9. The predicted molar refractivity (Wildman–Crippen MR) is 81.9 cm³/mol. The van der Waals surface area contributed by atoms with Crippen LogP contribution in [0.3, 0.4) is 0 Å². The average Bonchev–Trinajstić information content (AvgIpc) is 2.36. The van der Waals surface area contributed by atoms with Crippen LogP contribution in [-0.2, 0) is 10.0 Å². The molecule has 1 heterocycles. The second-order valence-corrected chi connectivity index (χ2v) is 7.46.